The minimum Gasteiger partial charge on any atom is -0.473 e. The molecule has 1 atom stereocenters. The van der Waals surface area contributed by atoms with E-state index in [-0.39, 0.29) is 6.10 Å². The zero-order chi connectivity index (χ0) is 14.5. The van der Waals surface area contributed by atoms with E-state index in [9.17, 15) is 0 Å². The van der Waals surface area contributed by atoms with Crippen molar-refractivity contribution < 1.29 is 4.74 Å². The maximum absolute atomic E-state index is 6.03. The van der Waals surface area contributed by atoms with Crippen LogP contribution in [0.4, 0.5) is 0 Å². The first kappa shape index (κ1) is 14.0. The van der Waals surface area contributed by atoms with E-state index in [1.54, 1.807) is 6.20 Å². The lowest BCUT2D eigenvalue weighted by Crippen LogP contribution is -2.25. The molecule has 1 unspecified atom stereocenters. The number of likely N-dealkylation sites (tertiary alicyclic amines) is 1. The van der Waals surface area contributed by atoms with Gasteiger partial charge in [0.2, 0.25) is 5.88 Å². The molecule has 0 spiro atoms. The molecular weight excluding hydrogens is 262 g/mol. The summed E-state index contributed by atoms with van der Waals surface area (Å²) in [6.45, 7) is 3.44. The van der Waals surface area contributed by atoms with Crippen LogP contribution in [0.15, 0.2) is 48.7 Å². The Kier molecular flexibility index (Phi) is 4.48. The van der Waals surface area contributed by atoms with Gasteiger partial charge in [-0.3, -0.25) is 4.90 Å². The zero-order valence-corrected chi connectivity index (χ0v) is 12.1. The summed E-state index contributed by atoms with van der Waals surface area (Å²) in [5, 5.41) is 0. The predicted molar refractivity (Wildman–Crippen MR) is 82.9 cm³/mol. The standard InChI is InChI=1S/C17H21N3O/c18-11-15-7-4-9-19-17(15)21-16-8-10-20(13-16)12-14-5-2-1-3-6-14/h1-7,9,16H,8,10-13,18H2. The molecule has 2 aromatic rings. The summed E-state index contributed by atoms with van der Waals surface area (Å²) >= 11 is 0. The van der Waals surface area contributed by atoms with Gasteiger partial charge in [0.05, 0.1) is 0 Å². The van der Waals surface area contributed by atoms with Gasteiger partial charge in [0.15, 0.2) is 0 Å². The molecule has 110 valence electrons. The summed E-state index contributed by atoms with van der Waals surface area (Å²) < 4.78 is 6.03. The Hall–Kier alpha value is -1.91. The minimum atomic E-state index is 0.203. The van der Waals surface area contributed by atoms with Crippen molar-refractivity contribution in [2.75, 3.05) is 13.1 Å². The molecule has 1 fully saturated rings. The second-order valence-corrected chi connectivity index (χ2v) is 5.42. The van der Waals surface area contributed by atoms with Crippen molar-refractivity contribution in [2.45, 2.75) is 25.6 Å². The van der Waals surface area contributed by atoms with E-state index in [4.69, 9.17) is 10.5 Å². The minimum absolute atomic E-state index is 0.203. The van der Waals surface area contributed by atoms with Crippen molar-refractivity contribution >= 4 is 0 Å². The van der Waals surface area contributed by atoms with E-state index in [0.717, 1.165) is 31.6 Å². The molecule has 1 aromatic carbocycles. The van der Waals surface area contributed by atoms with Gasteiger partial charge in [0, 0.05) is 37.9 Å². The maximum atomic E-state index is 6.03. The van der Waals surface area contributed by atoms with Gasteiger partial charge in [-0.2, -0.15) is 0 Å². The lowest BCUT2D eigenvalue weighted by Gasteiger charge is -2.17. The van der Waals surface area contributed by atoms with Crippen molar-refractivity contribution in [3.05, 3.63) is 59.8 Å². The second kappa shape index (κ2) is 6.70. The van der Waals surface area contributed by atoms with Crippen LogP contribution in [0.3, 0.4) is 0 Å². The molecule has 2 N–H and O–H groups in total. The molecule has 0 saturated carbocycles. The highest BCUT2D eigenvalue weighted by atomic mass is 16.5. The molecule has 21 heavy (non-hydrogen) atoms. The number of aromatic nitrogens is 1. The lowest BCUT2D eigenvalue weighted by atomic mass is 10.2. The van der Waals surface area contributed by atoms with E-state index in [1.165, 1.54) is 5.56 Å². The topological polar surface area (TPSA) is 51.4 Å². The fraction of sp³-hybridized carbons (Fsp3) is 0.353. The van der Waals surface area contributed by atoms with Gasteiger partial charge in [-0.1, -0.05) is 36.4 Å². The smallest absolute Gasteiger partial charge is 0.218 e. The third kappa shape index (κ3) is 3.60. The Bertz CT molecular complexity index is 573. The van der Waals surface area contributed by atoms with Crippen molar-refractivity contribution in [1.29, 1.82) is 0 Å². The molecule has 4 heteroatoms. The van der Waals surface area contributed by atoms with Crippen LogP contribution in [0.2, 0.25) is 0 Å². The molecule has 0 radical (unpaired) electrons. The van der Waals surface area contributed by atoms with Crippen molar-refractivity contribution in [3.63, 3.8) is 0 Å². The van der Waals surface area contributed by atoms with E-state index >= 15 is 0 Å². The molecule has 1 saturated heterocycles. The molecule has 1 aromatic heterocycles. The Morgan fingerprint density at radius 2 is 2.05 bits per heavy atom. The molecule has 3 rings (SSSR count). The van der Waals surface area contributed by atoms with Crippen LogP contribution >= 0.6 is 0 Å². The normalized spacial score (nSPS) is 18.8. The quantitative estimate of drug-likeness (QED) is 0.914. The van der Waals surface area contributed by atoms with Crippen molar-refractivity contribution in [3.8, 4) is 5.88 Å². The van der Waals surface area contributed by atoms with E-state index in [1.807, 2.05) is 12.1 Å². The fourth-order valence-electron chi connectivity index (χ4n) is 2.72. The van der Waals surface area contributed by atoms with E-state index in [2.05, 4.69) is 40.2 Å². The number of rotatable bonds is 5. The molecule has 1 aliphatic rings. The summed E-state index contributed by atoms with van der Waals surface area (Å²) in [6.07, 6.45) is 2.99. The number of pyridine rings is 1. The first-order valence-electron chi connectivity index (χ1n) is 7.42. The largest absolute Gasteiger partial charge is 0.473 e. The summed E-state index contributed by atoms with van der Waals surface area (Å²) in [4.78, 5) is 6.72. The molecule has 4 nitrogen and oxygen atoms in total. The van der Waals surface area contributed by atoms with Gasteiger partial charge in [0.25, 0.3) is 0 Å². The Morgan fingerprint density at radius 1 is 1.19 bits per heavy atom. The first-order chi connectivity index (χ1) is 10.3. The highest BCUT2D eigenvalue weighted by Crippen LogP contribution is 2.21. The third-order valence-corrected chi connectivity index (χ3v) is 3.83. The van der Waals surface area contributed by atoms with E-state index < -0.39 is 0 Å². The summed E-state index contributed by atoms with van der Waals surface area (Å²) in [6, 6.07) is 14.4. The van der Waals surface area contributed by atoms with Crippen molar-refractivity contribution in [1.82, 2.24) is 9.88 Å². The van der Waals surface area contributed by atoms with Crippen LogP contribution in [-0.2, 0) is 13.1 Å². The molecular formula is C17H21N3O. The second-order valence-electron chi connectivity index (χ2n) is 5.42. The first-order valence-corrected chi connectivity index (χ1v) is 7.42. The Balaban J connectivity index is 1.57. The third-order valence-electron chi connectivity index (χ3n) is 3.83. The SMILES string of the molecule is NCc1cccnc1OC1CCN(Cc2ccccc2)C1. The van der Waals surface area contributed by atoms with E-state index in [0.29, 0.717) is 12.4 Å². The van der Waals surface area contributed by atoms with Crippen LogP contribution in [0, 0.1) is 0 Å². The molecule has 0 amide bonds. The average Bonchev–Trinajstić information content (AvgIpc) is 2.96. The Labute approximate surface area is 125 Å². The van der Waals surface area contributed by atoms with Crippen LogP contribution in [0.1, 0.15) is 17.5 Å². The highest BCUT2D eigenvalue weighted by molar-refractivity contribution is 5.25. The van der Waals surface area contributed by atoms with Gasteiger partial charge in [-0.25, -0.2) is 4.98 Å². The summed E-state index contributed by atoms with van der Waals surface area (Å²) in [5.41, 5.74) is 8.04. The van der Waals surface area contributed by atoms with Gasteiger partial charge >= 0.3 is 0 Å². The number of ether oxygens (including phenoxy) is 1. The molecule has 2 heterocycles. The summed E-state index contributed by atoms with van der Waals surface area (Å²) in [5.74, 6) is 0.687. The monoisotopic (exact) mass is 283 g/mol. The lowest BCUT2D eigenvalue weighted by molar-refractivity contribution is 0.189. The van der Waals surface area contributed by atoms with Crippen LogP contribution in [-0.4, -0.2) is 29.1 Å². The van der Waals surface area contributed by atoms with Gasteiger partial charge in [-0.05, 0) is 18.1 Å². The maximum Gasteiger partial charge on any atom is 0.218 e. The van der Waals surface area contributed by atoms with Crippen LogP contribution < -0.4 is 10.5 Å². The van der Waals surface area contributed by atoms with Gasteiger partial charge < -0.3 is 10.5 Å². The summed E-state index contributed by atoms with van der Waals surface area (Å²) in [7, 11) is 0. The highest BCUT2D eigenvalue weighted by Gasteiger charge is 2.24. The Morgan fingerprint density at radius 3 is 2.86 bits per heavy atom. The van der Waals surface area contributed by atoms with Gasteiger partial charge in [-0.15, -0.1) is 0 Å². The molecule has 0 bridgehead atoms. The number of nitrogens with zero attached hydrogens (tertiary/aromatic N) is 2. The van der Waals surface area contributed by atoms with Gasteiger partial charge in [0.1, 0.15) is 6.10 Å². The number of hydrogen-bond donors (Lipinski definition) is 1. The number of hydrogen-bond acceptors (Lipinski definition) is 4. The van der Waals surface area contributed by atoms with Crippen LogP contribution in [0.5, 0.6) is 5.88 Å². The molecule has 0 aliphatic carbocycles. The predicted octanol–water partition coefficient (Wildman–Crippen LogP) is 2.19. The number of nitrogens with two attached hydrogens (primary N) is 1. The van der Waals surface area contributed by atoms with Crippen molar-refractivity contribution in [2.24, 2.45) is 5.73 Å². The average molecular weight is 283 g/mol. The van der Waals surface area contributed by atoms with Crippen LogP contribution in [0.25, 0.3) is 0 Å². The number of benzene rings is 1. The molecule has 1 aliphatic heterocycles. The fourth-order valence-corrected chi connectivity index (χ4v) is 2.72. The zero-order valence-electron chi connectivity index (χ0n) is 12.1.